The fraction of sp³-hybridized carbons (Fsp3) is 0.682. The smallest absolute Gasteiger partial charge is 0.191 e. The zero-order valence-electron chi connectivity index (χ0n) is 17.7. The third kappa shape index (κ3) is 7.89. The molecule has 0 amide bonds. The summed E-state index contributed by atoms with van der Waals surface area (Å²) >= 11 is 0. The average molecular weight is 374 g/mol. The van der Waals surface area contributed by atoms with E-state index in [9.17, 15) is 0 Å². The van der Waals surface area contributed by atoms with Gasteiger partial charge in [0, 0.05) is 44.8 Å². The van der Waals surface area contributed by atoms with Crippen LogP contribution in [0.4, 0.5) is 0 Å². The van der Waals surface area contributed by atoms with Crippen LogP contribution in [0.25, 0.3) is 0 Å². The van der Waals surface area contributed by atoms with E-state index in [1.54, 1.807) is 0 Å². The first-order valence-corrected chi connectivity index (χ1v) is 10.7. The zero-order chi connectivity index (χ0) is 19.5. The summed E-state index contributed by atoms with van der Waals surface area (Å²) in [5.74, 6) is 0.942. The van der Waals surface area contributed by atoms with Crippen LogP contribution in [0.3, 0.4) is 0 Å². The van der Waals surface area contributed by atoms with E-state index in [0.29, 0.717) is 12.1 Å². The lowest BCUT2D eigenvalue weighted by molar-refractivity contribution is 0.109. The number of hydrogen-bond acceptors (Lipinski definition) is 3. The number of benzene rings is 1. The van der Waals surface area contributed by atoms with Crippen molar-refractivity contribution in [2.24, 2.45) is 4.99 Å². The van der Waals surface area contributed by atoms with Crippen molar-refractivity contribution in [3.8, 4) is 0 Å². The molecule has 0 aromatic heterocycles. The monoisotopic (exact) mass is 373 g/mol. The second kappa shape index (κ2) is 12.0. The van der Waals surface area contributed by atoms with Crippen LogP contribution >= 0.6 is 0 Å². The van der Waals surface area contributed by atoms with E-state index >= 15 is 0 Å². The molecule has 1 saturated heterocycles. The number of aryl methyl sites for hydroxylation is 1. The third-order valence-electron chi connectivity index (χ3n) is 5.43. The van der Waals surface area contributed by atoms with Crippen LogP contribution in [0, 0.1) is 0 Å². The predicted molar refractivity (Wildman–Crippen MR) is 116 cm³/mol. The van der Waals surface area contributed by atoms with E-state index in [0.717, 1.165) is 51.5 Å². The summed E-state index contributed by atoms with van der Waals surface area (Å²) < 4.78 is 0. The van der Waals surface area contributed by atoms with Gasteiger partial charge in [0.15, 0.2) is 5.96 Å². The summed E-state index contributed by atoms with van der Waals surface area (Å²) in [6.45, 7) is 16.5. The van der Waals surface area contributed by atoms with Gasteiger partial charge in [0.05, 0.1) is 6.54 Å². The molecule has 2 N–H and O–H groups in total. The molecule has 2 rings (SSSR count). The Labute approximate surface area is 166 Å². The highest BCUT2D eigenvalue weighted by atomic mass is 15.3. The van der Waals surface area contributed by atoms with E-state index in [1.165, 1.54) is 18.7 Å². The fourth-order valence-electron chi connectivity index (χ4n) is 3.51. The number of rotatable bonds is 9. The lowest BCUT2D eigenvalue weighted by Gasteiger charge is -2.37. The molecule has 1 aliphatic rings. The normalized spacial score (nSPS) is 18.9. The van der Waals surface area contributed by atoms with Crippen LogP contribution in [-0.4, -0.2) is 73.7 Å². The van der Waals surface area contributed by atoms with Crippen molar-refractivity contribution in [1.82, 2.24) is 20.4 Å². The number of piperazine rings is 1. The van der Waals surface area contributed by atoms with Gasteiger partial charge < -0.3 is 15.5 Å². The molecule has 1 fully saturated rings. The minimum absolute atomic E-state index is 0.395. The Kier molecular flexibility index (Phi) is 9.64. The van der Waals surface area contributed by atoms with Crippen molar-refractivity contribution in [2.75, 3.05) is 45.8 Å². The molecule has 2 atom stereocenters. The molecule has 2 unspecified atom stereocenters. The van der Waals surface area contributed by atoms with E-state index in [1.807, 2.05) is 0 Å². The molecule has 0 aliphatic carbocycles. The summed E-state index contributed by atoms with van der Waals surface area (Å²) in [7, 11) is 0. The van der Waals surface area contributed by atoms with Gasteiger partial charge in [0.25, 0.3) is 0 Å². The number of nitrogens with zero attached hydrogens (tertiary/aromatic N) is 3. The lowest BCUT2D eigenvalue weighted by Crippen LogP contribution is -2.50. The van der Waals surface area contributed by atoms with Crippen LogP contribution in [0.1, 0.15) is 39.7 Å². The topological polar surface area (TPSA) is 42.9 Å². The Balaban J connectivity index is 1.78. The van der Waals surface area contributed by atoms with Gasteiger partial charge >= 0.3 is 0 Å². The quantitative estimate of drug-likeness (QED) is 0.516. The molecule has 0 bridgehead atoms. The maximum absolute atomic E-state index is 4.86. The third-order valence-corrected chi connectivity index (χ3v) is 5.43. The molecule has 5 nitrogen and oxygen atoms in total. The molecule has 1 aliphatic heterocycles. The molecule has 0 spiro atoms. The largest absolute Gasteiger partial charge is 0.357 e. The van der Waals surface area contributed by atoms with E-state index in [4.69, 9.17) is 4.99 Å². The first kappa shape index (κ1) is 21.7. The Morgan fingerprint density at radius 2 is 1.78 bits per heavy atom. The number of hydrogen-bond donors (Lipinski definition) is 2. The van der Waals surface area contributed by atoms with Crippen molar-refractivity contribution in [2.45, 2.75) is 52.6 Å². The van der Waals surface area contributed by atoms with Crippen molar-refractivity contribution < 1.29 is 0 Å². The second-order valence-electron chi connectivity index (χ2n) is 7.61. The Morgan fingerprint density at radius 3 is 2.41 bits per heavy atom. The molecular weight excluding hydrogens is 334 g/mol. The minimum atomic E-state index is 0.395. The van der Waals surface area contributed by atoms with Gasteiger partial charge in [-0.15, -0.1) is 0 Å². The van der Waals surface area contributed by atoms with Crippen LogP contribution in [0.5, 0.6) is 0 Å². The summed E-state index contributed by atoms with van der Waals surface area (Å²) in [6, 6.07) is 11.6. The average Bonchev–Trinajstić information content (AvgIpc) is 2.71. The predicted octanol–water partition coefficient (Wildman–Crippen LogP) is 2.59. The summed E-state index contributed by atoms with van der Waals surface area (Å²) in [5, 5.41) is 6.97. The Morgan fingerprint density at radius 1 is 1.07 bits per heavy atom. The van der Waals surface area contributed by atoms with Gasteiger partial charge in [-0.1, -0.05) is 37.3 Å². The van der Waals surface area contributed by atoms with Crippen LogP contribution in [-0.2, 0) is 6.42 Å². The zero-order valence-corrected chi connectivity index (χ0v) is 17.7. The molecule has 1 aromatic rings. The molecular formula is C22H39N5. The second-order valence-corrected chi connectivity index (χ2v) is 7.61. The van der Waals surface area contributed by atoms with Crippen LogP contribution < -0.4 is 10.6 Å². The number of aliphatic imine (C=N–C) groups is 1. The molecule has 1 heterocycles. The molecule has 1 aromatic carbocycles. The van der Waals surface area contributed by atoms with Crippen LogP contribution in [0.15, 0.2) is 35.3 Å². The van der Waals surface area contributed by atoms with Crippen LogP contribution in [0.2, 0.25) is 0 Å². The van der Waals surface area contributed by atoms with E-state index in [2.05, 4.69) is 78.5 Å². The van der Waals surface area contributed by atoms with Gasteiger partial charge in [0.2, 0.25) is 0 Å². The van der Waals surface area contributed by atoms with Gasteiger partial charge in [-0.05, 0) is 45.7 Å². The summed E-state index contributed by atoms with van der Waals surface area (Å²) in [4.78, 5) is 9.95. The van der Waals surface area contributed by atoms with Gasteiger partial charge in [-0.2, -0.15) is 0 Å². The van der Waals surface area contributed by atoms with E-state index in [-0.39, 0.29) is 0 Å². The first-order valence-electron chi connectivity index (χ1n) is 10.7. The van der Waals surface area contributed by atoms with Gasteiger partial charge in [-0.25, -0.2) is 0 Å². The Bertz CT molecular complexity index is 537. The summed E-state index contributed by atoms with van der Waals surface area (Å²) in [5.41, 5.74) is 1.40. The first-order chi connectivity index (χ1) is 13.1. The highest BCUT2D eigenvalue weighted by Gasteiger charge is 2.20. The van der Waals surface area contributed by atoms with Crippen molar-refractivity contribution in [1.29, 1.82) is 0 Å². The fourth-order valence-corrected chi connectivity index (χ4v) is 3.51. The highest BCUT2D eigenvalue weighted by molar-refractivity contribution is 5.80. The van der Waals surface area contributed by atoms with E-state index < -0.39 is 0 Å². The van der Waals surface area contributed by atoms with Crippen molar-refractivity contribution in [3.63, 3.8) is 0 Å². The molecule has 27 heavy (non-hydrogen) atoms. The highest BCUT2D eigenvalue weighted by Crippen LogP contribution is 2.07. The number of nitrogens with one attached hydrogen (secondary N) is 2. The lowest BCUT2D eigenvalue weighted by atomic mass is 10.1. The standard InChI is InChI=1S/C22H39N5/c1-5-23-22(25-19(3)12-13-21-10-8-7-9-11-21)24-18-20(4)27-16-14-26(6-2)15-17-27/h7-11,19-20H,5-6,12-18H2,1-4H3,(H2,23,24,25). The minimum Gasteiger partial charge on any atom is -0.357 e. The molecule has 152 valence electrons. The number of likely N-dealkylation sites (N-methyl/N-ethyl adjacent to an activating group) is 1. The summed E-state index contributed by atoms with van der Waals surface area (Å²) in [6.07, 6.45) is 2.19. The SMILES string of the molecule is CCNC(=NCC(C)N1CCN(CC)CC1)NC(C)CCc1ccccc1. The van der Waals surface area contributed by atoms with Crippen molar-refractivity contribution in [3.05, 3.63) is 35.9 Å². The maximum atomic E-state index is 4.86. The molecule has 0 saturated carbocycles. The molecule has 0 radical (unpaired) electrons. The van der Waals surface area contributed by atoms with Crippen molar-refractivity contribution >= 4 is 5.96 Å². The molecule has 5 heteroatoms. The van der Waals surface area contributed by atoms with Gasteiger partial charge in [0.1, 0.15) is 0 Å². The maximum Gasteiger partial charge on any atom is 0.191 e. The number of guanidine groups is 1. The van der Waals surface area contributed by atoms with Gasteiger partial charge in [-0.3, -0.25) is 9.89 Å². The Hall–Kier alpha value is -1.59.